The quantitative estimate of drug-likeness (QED) is 0.0631. The number of carbonyl (C=O) groups excluding carboxylic acids is 10. The summed E-state index contributed by atoms with van der Waals surface area (Å²) in [7, 11) is 0. The minimum absolute atomic E-state index is 0.197. The molecule has 0 aromatic heterocycles. The van der Waals surface area contributed by atoms with Crippen LogP contribution in [0.3, 0.4) is 0 Å². The Hall–Kier alpha value is -11.1. The zero-order valence-corrected chi connectivity index (χ0v) is 102. The van der Waals surface area contributed by atoms with Crippen LogP contribution in [0.15, 0.2) is 249 Å². The Balaban J connectivity index is -0.000000773. The number of rotatable bonds is 21. The molecule has 0 N–H and O–H groups in total. The third-order valence-electron chi connectivity index (χ3n) is 23.6. The summed E-state index contributed by atoms with van der Waals surface area (Å²) in [5.41, 5.74) is 19.9. The third-order valence-corrected chi connectivity index (χ3v) is 23.6. The predicted molar refractivity (Wildman–Crippen MR) is 639 cm³/mol. The van der Waals surface area contributed by atoms with Crippen molar-refractivity contribution in [1.29, 1.82) is 0 Å². The molecule has 0 radical (unpaired) electrons. The molecule has 10 heteroatoms. The van der Waals surface area contributed by atoms with Crippen LogP contribution in [-0.4, -0.2) is 57.8 Å². The predicted octanol–water partition coefficient (Wildman–Crippen LogP) is 36.6. The first-order chi connectivity index (χ1) is 68.1. The number of aryl methyl sites for hydroxylation is 12. The fraction of sp³-hybridized carbons (Fsp3) is 0.493. The lowest BCUT2D eigenvalue weighted by molar-refractivity contribution is -0.126. The molecule has 0 aliphatic carbocycles. The zero-order chi connectivity index (χ0) is 116. The van der Waals surface area contributed by atoms with Crippen LogP contribution in [0.25, 0.3) is 0 Å². The monoisotopic (exact) mass is 2020 g/mol. The molecule has 0 aliphatic heterocycles. The number of carbonyl (C=O) groups is 10. The van der Waals surface area contributed by atoms with Gasteiger partial charge in [-0.05, 0) is 159 Å². The van der Waals surface area contributed by atoms with Crippen LogP contribution in [0, 0.1) is 116 Å². The van der Waals surface area contributed by atoms with E-state index in [1.54, 1.807) is 0 Å². The van der Waals surface area contributed by atoms with Gasteiger partial charge in [0, 0.05) is 117 Å². The van der Waals surface area contributed by atoms with Gasteiger partial charge in [-0.3, -0.25) is 47.9 Å². The highest BCUT2D eigenvalue weighted by atomic mass is 16.2. The van der Waals surface area contributed by atoms with E-state index in [-0.39, 0.29) is 65.7 Å². The molecule has 10 nitrogen and oxygen atoms in total. The summed E-state index contributed by atoms with van der Waals surface area (Å²) in [5, 5.41) is 0. The highest BCUT2D eigenvalue weighted by Crippen LogP contribution is 2.29. The lowest BCUT2D eigenvalue weighted by Crippen LogP contribution is -2.22. The van der Waals surface area contributed by atoms with Gasteiger partial charge in [0.25, 0.3) is 0 Å². The summed E-state index contributed by atoms with van der Waals surface area (Å²) in [6, 6.07) is 82.4. The molecule has 10 aromatic rings. The molecule has 0 spiro atoms. The number of benzene rings is 10. The van der Waals surface area contributed by atoms with E-state index in [9.17, 15) is 47.9 Å². The number of hydrogen-bond acceptors (Lipinski definition) is 10. The first-order valence-electron chi connectivity index (χ1n) is 54.0. The first-order valence-corrected chi connectivity index (χ1v) is 54.0. The minimum Gasteiger partial charge on any atom is -0.299 e. The molecule has 0 amide bonds. The average molecular weight is 2020 g/mol. The van der Waals surface area contributed by atoms with Gasteiger partial charge in [-0.2, -0.15) is 0 Å². The van der Waals surface area contributed by atoms with Crippen molar-refractivity contribution in [3.8, 4) is 0 Å². The van der Waals surface area contributed by atoms with Crippen LogP contribution in [-0.2, 0) is 89.7 Å². The second-order valence-corrected chi connectivity index (χ2v) is 47.9. The number of Topliss-reactive ketones (excluding diaryl/α,β-unsaturated/α-hetero) is 10. The fourth-order valence-electron chi connectivity index (χ4n) is 12.6. The van der Waals surface area contributed by atoms with E-state index in [2.05, 4.69) is 127 Å². The van der Waals surface area contributed by atoms with Crippen LogP contribution in [0.5, 0.6) is 0 Å². The standard InChI is InChI=1S/C15H22O.3C14H20O.2C13H18O.3C12H16O.C11H14O.4C2H6/c1-11-6-7-13(10-12(11)2)8-9-14(16)15(3,4)5;2*1-10-6-7-12(8-11(10)2)9-13(15)14(3,4)5;1-11-6-5-7-12(10-11)8-9-13(15)14(2,3)4;1-10-6-5-7-11(8-10)9-12(14)13(2,3)4;1-13(2,3)12(14)10-9-11-7-5-4-6-8-11;1-9-5-7-10(8-6-9)11(13)12(2,3)4;2*1-12(2,3)11(13)9-10-7-5-4-6-8-10;1-11(2,3)10(12)9-7-5-4-6-8-9;4*1-2/h6-7,10H,8-9H2,1-5H3;2*6-8H,9H2,1-5H3;5-7,10H,8-9H2,1-4H3;5-8H,9H2,1-4H3;4-8H,9-10H2,1-3H3;5-8H,1-4H3;2*4-8H,9H2,1-3H3;4-8H,1-3H3;4*1-2H3. The van der Waals surface area contributed by atoms with Gasteiger partial charge < -0.3 is 0 Å². The van der Waals surface area contributed by atoms with E-state index in [4.69, 9.17) is 0 Å². The van der Waals surface area contributed by atoms with Gasteiger partial charge in [0.2, 0.25) is 0 Å². The molecule has 0 unspecified atom stereocenters. The molecule has 10 rings (SSSR count). The second-order valence-electron chi connectivity index (χ2n) is 47.9. The van der Waals surface area contributed by atoms with Crippen LogP contribution in [0.2, 0.25) is 0 Å². The smallest absolute Gasteiger partial charge is 0.168 e. The van der Waals surface area contributed by atoms with Gasteiger partial charge in [0.05, 0.1) is 0 Å². The van der Waals surface area contributed by atoms with Gasteiger partial charge in [0.1, 0.15) is 46.3 Å². The van der Waals surface area contributed by atoms with Crippen molar-refractivity contribution in [1.82, 2.24) is 0 Å². The Kier molecular flexibility index (Phi) is 67.8. The zero-order valence-electron chi connectivity index (χ0n) is 102. The maximum atomic E-state index is 11.8. The van der Waals surface area contributed by atoms with Crippen molar-refractivity contribution in [3.63, 3.8) is 0 Å². The maximum absolute atomic E-state index is 11.8. The highest BCUT2D eigenvalue weighted by molar-refractivity contribution is 6.00. The van der Waals surface area contributed by atoms with Crippen LogP contribution in [0.1, 0.15) is 398 Å². The largest absolute Gasteiger partial charge is 0.299 e. The number of hydrogen-bond donors (Lipinski definition) is 0. The van der Waals surface area contributed by atoms with Gasteiger partial charge in [0.15, 0.2) is 11.6 Å². The molecule has 0 saturated heterocycles. The topological polar surface area (TPSA) is 171 Å². The Morgan fingerprint density at radius 2 is 0.358 bits per heavy atom. The van der Waals surface area contributed by atoms with Gasteiger partial charge in [-0.25, -0.2) is 0 Å². The van der Waals surface area contributed by atoms with Crippen molar-refractivity contribution >= 4 is 57.8 Å². The highest BCUT2D eigenvalue weighted by Gasteiger charge is 2.29. The van der Waals surface area contributed by atoms with Crippen molar-refractivity contribution in [2.45, 2.75) is 396 Å². The van der Waals surface area contributed by atoms with Crippen molar-refractivity contribution < 1.29 is 47.9 Å². The van der Waals surface area contributed by atoms with Gasteiger partial charge in [-0.15, -0.1) is 0 Å². The normalized spacial score (nSPS) is 11.0. The van der Waals surface area contributed by atoms with E-state index in [0.717, 1.165) is 58.2 Å². The van der Waals surface area contributed by atoms with Crippen molar-refractivity contribution in [2.24, 2.45) is 54.1 Å². The third kappa shape index (κ3) is 65.0. The molecule has 148 heavy (non-hydrogen) atoms. The molecule has 816 valence electrons. The average Bonchev–Trinajstić information content (AvgIpc) is 0.811. The molecule has 0 heterocycles. The molecule has 0 aliphatic rings. The lowest BCUT2D eigenvalue weighted by Gasteiger charge is -2.16. The van der Waals surface area contributed by atoms with E-state index in [0.29, 0.717) is 97.6 Å². The van der Waals surface area contributed by atoms with Crippen LogP contribution >= 0.6 is 0 Å². The number of ketones is 10. The molecule has 0 fully saturated rings. The van der Waals surface area contributed by atoms with E-state index >= 15 is 0 Å². The van der Waals surface area contributed by atoms with Crippen LogP contribution in [0.4, 0.5) is 0 Å². The van der Waals surface area contributed by atoms with Crippen LogP contribution < -0.4 is 0 Å². The Bertz CT molecular complexity index is 5370. The summed E-state index contributed by atoms with van der Waals surface area (Å²) in [6.45, 7) is 93.6. The summed E-state index contributed by atoms with van der Waals surface area (Å²) >= 11 is 0. The Morgan fingerprint density at radius 1 is 0.162 bits per heavy atom. The Labute approximate surface area is 904 Å². The summed E-state index contributed by atoms with van der Waals surface area (Å²) in [5.74, 6) is 2.88. The molecule has 0 atom stereocenters. The summed E-state index contributed by atoms with van der Waals surface area (Å²) < 4.78 is 0. The molecule has 10 aromatic carbocycles. The Morgan fingerprint density at radius 3 is 0.608 bits per heavy atom. The van der Waals surface area contributed by atoms with E-state index in [1.165, 1.54) is 66.8 Å². The molecule has 0 bridgehead atoms. The second kappa shape index (κ2) is 70.0. The lowest BCUT2D eigenvalue weighted by atomic mass is 9.86. The summed E-state index contributed by atoms with van der Waals surface area (Å²) in [6.07, 6.45) is 7.24. The summed E-state index contributed by atoms with van der Waals surface area (Å²) in [4.78, 5) is 117. The van der Waals surface area contributed by atoms with Gasteiger partial charge in [-0.1, -0.05) is 529 Å². The SMILES string of the molecule is CC.CC.CC.CC.CC(C)(C)C(=O)CCc1ccccc1.CC(C)(C)C(=O)Cc1ccccc1.CC(C)(C)C(=O)Cc1ccccc1.CC(C)(C)C(=O)c1ccccc1.Cc1ccc(C(=O)C(C)(C)C)cc1.Cc1ccc(CC(=O)C(C)(C)C)cc1C.Cc1ccc(CC(=O)C(C)(C)C)cc1C.Cc1ccc(CCC(=O)C(C)(C)C)cc1C.Cc1cccc(CC(=O)C(C)(C)C)c1.Cc1cccc(CCC(=O)C(C)(C)C)c1. The van der Waals surface area contributed by atoms with Crippen molar-refractivity contribution in [2.75, 3.05) is 0 Å². The van der Waals surface area contributed by atoms with E-state index < -0.39 is 0 Å². The van der Waals surface area contributed by atoms with E-state index in [1.807, 2.05) is 447 Å². The fourth-order valence-corrected chi connectivity index (χ4v) is 12.6. The molecule has 0 saturated carbocycles. The first kappa shape index (κ1) is 143. The van der Waals surface area contributed by atoms with Crippen molar-refractivity contribution in [3.05, 3.63) is 354 Å². The molecular weight excluding hydrogens is 1820 g/mol. The molecular formula is C138H204O10. The minimum atomic E-state index is -0.282. The maximum Gasteiger partial charge on any atom is 0.168 e. The van der Waals surface area contributed by atoms with Gasteiger partial charge >= 0.3 is 0 Å².